The summed E-state index contributed by atoms with van der Waals surface area (Å²) in [4.78, 5) is 13.1. The Kier molecular flexibility index (Phi) is 4.99. The molecule has 4 rings (SSSR count). The van der Waals surface area contributed by atoms with Gasteiger partial charge in [0.05, 0.1) is 0 Å². The fraction of sp³-hybridized carbons (Fsp3) is 0.286. The van der Waals surface area contributed by atoms with E-state index in [1.54, 1.807) is 0 Å². The minimum Gasteiger partial charge on any atom is -0.325 e. The first kappa shape index (κ1) is 17.8. The zero-order valence-electron chi connectivity index (χ0n) is 15.4. The van der Waals surface area contributed by atoms with Gasteiger partial charge < -0.3 is 9.88 Å². The first-order chi connectivity index (χ1) is 13.1. The minimum absolute atomic E-state index is 0.0639. The summed E-state index contributed by atoms with van der Waals surface area (Å²) in [5.74, 6) is 1.47. The van der Waals surface area contributed by atoms with Crippen LogP contribution in [0.1, 0.15) is 41.0 Å². The van der Waals surface area contributed by atoms with Gasteiger partial charge in [-0.05, 0) is 37.5 Å². The summed E-state index contributed by atoms with van der Waals surface area (Å²) in [5, 5.41) is 12.1. The molecule has 1 aliphatic carbocycles. The molecule has 5 nitrogen and oxygen atoms in total. The van der Waals surface area contributed by atoms with Gasteiger partial charge in [-0.15, -0.1) is 10.2 Å². The van der Waals surface area contributed by atoms with Crippen LogP contribution >= 0.6 is 11.8 Å². The van der Waals surface area contributed by atoms with E-state index in [0.29, 0.717) is 5.92 Å². The zero-order valence-corrected chi connectivity index (χ0v) is 16.2. The number of aromatic nitrogens is 3. The summed E-state index contributed by atoms with van der Waals surface area (Å²) in [6.45, 7) is 2.03. The highest BCUT2D eigenvalue weighted by molar-refractivity contribution is 8.00. The van der Waals surface area contributed by atoms with Crippen molar-refractivity contribution in [2.75, 3.05) is 5.32 Å². The lowest BCUT2D eigenvalue weighted by atomic mass is 10.1. The lowest BCUT2D eigenvalue weighted by molar-refractivity contribution is -0.115. The number of benzene rings is 2. The number of carbonyl (C=O) groups is 1. The standard InChI is InChI=1S/C21H22N4OS/c1-14-8-12-17(13-9-14)22-20(26)18(15-6-4-3-5-7-15)27-21-24-23-19(25(21)2)16-10-11-16/h3-9,12-13,16,18H,10-11H2,1-2H3,(H,22,26)/t18-/m0/s1. The summed E-state index contributed by atoms with van der Waals surface area (Å²) in [6, 6.07) is 17.6. The second-order valence-corrected chi connectivity index (χ2v) is 8.01. The van der Waals surface area contributed by atoms with Crippen LogP contribution in [0, 0.1) is 6.92 Å². The van der Waals surface area contributed by atoms with E-state index in [4.69, 9.17) is 0 Å². The third kappa shape index (κ3) is 4.06. The maximum absolute atomic E-state index is 13.1. The number of hydrogen-bond acceptors (Lipinski definition) is 4. The first-order valence-electron chi connectivity index (χ1n) is 9.10. The van der Waals surface area contributed by atoms with Crippen molar-refractivity contribution in [3.8, 4) is 0 Å². The number of nitrogens with zero attached hydrogens (tertiary/aromatic N) is 3. The molecule has 1 atom stereocenters. The van der Waals surface area contributed by atoms with Gasteiger partial charge in [0.1, 0.15) is 11.1 Å². The number of aryl methyl sites for hydroxylation is 1. The molecule has 138 valence electrons. The fourth-order valence-corrected chi connectivity index (χ4v) is 3.99. The second-order valence-electron chi connectivity index (χ2n) is 6.94. The predicted octanol–water partition coefficient (Wildman–Crippen LogP) is 4.47. The smallest absolute Gasteiger partial charge is 0.242 e. The number of amides is 1. The van der Waals surface area contributed by atoms with E-state index in [1.165, 1.54) is 24.6 Å². The monoisotopic (exact) mass is 378 g/mol. The summed E-state index contributed by atoms with van der Waals surface area (Å²) in [7, 11) is 1.98. The van der Waals surface area contributed by atoms with Gasteiger partial charge in [-0.1, -0.05) is 59.8 Å². The topological polar surface area (TPSA) is 59.8 Å². The maximum atomic E-state index is 13.1. The second kappa shape index (κ2) is 7.56. The summed E-state index contributed by atoms with van der Waals surface area (Å²) < 4.78 is 2.03. The summed E-state index contributed by atoms with van der Waals surface area (Å²) in [6.07, 6.45) is 2.35. The van der Waals surface area contributed by atoms with E-state index >= 15 is 0 Å². The van der Waals surface area contributed by atoms with Gasteiger partial charge in [-0.25, -0.2) is 0 Å². The number of rotatable bonds is 6. The molecule has 1 saturated carbocycles. The Bertz CT molecular complexity index is 933. The van der Waals surface area contributed by atoms with Crippen molar-refractivity contribution >= 4 is 23.4 Å². The third-order valence-corrected chi connectivity index (χ3v) is 5.98. The van der Waals surface area contributed by atoms with Crippen LogP contribution in [0.5, 0.6) is 0 Å². The molecule has 27 heavy (non-hydrogen) atoms. The van der Waals surface area contributed by atoms with Crippen LogP contribution in [0.15, 0.2) is 59.8 Å². The van der Waals surface area contributed by atoms with Crippen molar-refractivity contribution in [1.29, 1.82) is 0 Å². The fourth-order valence-electron chi connectivity index (χ4n) is 2.98. The molecule has 0 saturated heterocycles. The molecule has 1 aromatic heterocycles. The Morgan fingerprint density at radius 2 is 1.81 bits per heavy atom. The molecule has 0 unspecified atom stereocenters. The molecule has 0 radical (unpaired) electrons. The van der Waals surface area contributed by atoms with Crippen molar-refractivity contribution in [2.24, 2.45) is 7.05 Å². The summed E-state index contributed by atoms with van der Waals surface area (Å²) in [5.41, 5.74) is 2.90. The van der Waals surface area contributed by atoms with Gasteiger partial charge in [0.25, 0.3) is 0 Å². The Balaban J connectivity index is 1.59. The van der Waals surface area contributed by atoms with Crippen LogP contribution in [0.2, 0.25) is 0 Å². The lowest BCUT2D eigenvalue weighted by Crippen LogP contribution is -2.19. The number of carbonyl (C=O) groups excluding carboxylic acids is 1. The predicted molar refractivity (Wildman–Crippen MR) is 108 cm³/mol. The van der Waals surface area contributed by atoms with Gasteiger partial charge in [-0.3, -0.25) is 4.79 Å². The van der Waals surface area contributed by atoms with Gasteiger partial charge in [0.15, 0.2) is 5.16 Å². The number of hydrogen-bond donors (Lipinski definition) is 1. The molecular weight excluding hydrogens is 356 g/mol. The van der Waals surface area contributed by atoms with Crippen molar-refractivity contribution in [3.05, 3.63) is 71.5 Å². The van der Waals surface area contributed by atoms with E-state index in [-0.39, 0.29) is 5.91 Å². The number of thioether (sulfide) groups is 1. The average Bonchev–Trinajstić information content (AvgIpc) is 3.46. The molecule has 1 N–H and O–H groups in total. The Morgan fingerprint density at radius 3 is 2.48 bits per heavy atom. The third-order valence-electron chi connectivity index (χ3n) is 4.69. The molecule has 6 heteroatoms. The van der Waals surface area contributed by atoms with Crippen LogP contribution in [0.4, 0.5) is 5.69 Å². The van der Waals surface area contributed by atoms with Gasteiger partial charge in [0.2, 0.25) is 5.91 Å². The lowest BCUT2D eigenvalue weighted by Gasteiger charge is -2.16. The van der Waals surface area contributed by atoms with Crippen LogP contribution in [0.25, 0.3) is 0 Å². The Hall–Kier alpha value is -2.60. The van der Waals surface area contributed by atoms with Gasteiger partial charge in [0, 0.05) is 18.7 Å². The van der Waals surface area contributed by atoms with Gasteiger partial charge >= 0.3 is 0 Å². The highest BCUT2D eigenvalue weighted by Gasteiger charge is 2.31. The molecule has 3 aromatic rings. The zero-order chi connectivity index (χ0) is 18.8. The Labute approximate surface area is 163 Å². The molecule has 0 spiro atoms. The molecule has 2 aromatic carbocycles. The highest BCUT2D eigenvalue weighted by atomic mass is 32.2. The molecule has 1 heterocycles. The minimum atomic E-state index is -0.401. The molecule has 1 fully saturated rings. The molecule has 0 bridgehead atoms. The highest BCUT2D eigenvalue weighted by Crippen LogP contribution is 2.41. The van der Waals surface area contributed by atoms with Crippen molar-refractivity contribution in [2.45, 2.75) is 36.1 Å². The molecular formula is C21H22N4OS. The van der Waals surface area contributed by atoms with E-state index < -0.39 is 5.25 Å². The van der Waals surface area contributed by atoms with Gasteiger partial charge in [-0.2, -0.15) is 0 Å². The molecule has 0 aliphatic heterocycles. The van der Waals surface area contributed by atoms with E-state index in [1.807, 2.05) is 73.1 Å². The van der Waals surface area contributed by atoms with Crippen LogP contribution < -0.4 is 5.32 Å². The van der Waals surface area contributed by atoms with Crippen molar-refractivity contribution in [3.63, 3.8) is 0 Å². The number of anilines is 1. The summed E-state index contributed by atoms with van der Waals surface area (Å²) >= 11 is 1.44. The molecule has 1 amide bonds. The quantitative estimate of drug-likeness (QED) is 0.643. The normalized spacial score (nSPS) is 14.7. The van der Waals surface area contributed by atoms with Crippen molar-refractivity contribution < 1.29 is 4.79 Å². The maximum Gasteiger partial charge on any atom is 0.242 e. The van der Waals surface area contributed by atoms with Crippen molar-refractivity contribution in [1.82, 2.24) is 14.8 Å². The molecule has 1 aliphatic rings. The largest absolute Gasteiger partial charge is 0.325 e. The van der Waals surface area contributed by atoms with E-state index in [9.17, 15) is 4.79 Å². The van der Waals surface area contributed by atoms with Crippen LogP contribution in [-0.4, -0.2) is 20.7 Å². The average molecular weight is 379 g/mol. The van der Waals surface area contributed by atoms with Crippen LogP contribution in [0.3, 0.4) is 0 Å². The Morgan fingerprint density at radius 1 is 1.11 bits per heavy atom. The van der Waals surface area contributed by atoms with E-state index in [0.717, 1.165) is 27.8 Å². The number of nitrogens with one attached hydrogen (secondary N) is 1. The van der Waals surface area contributed by atoms with E-state index in [2.05, 4.69) is 15.5 Å². The SMILES string of the molecule is Cc1ccc(NC(=O)[C@@H](Sc2nnc(C3CC3)n2C)c2ccccc2)cc1. The van der Waals surface area contributed by atoms with Crippen LogP contribution in [-0.2, 0) is 11.8 Å². The first-order valence-corrected chi connectivity index (χ1v) is 9.98.